The van der Waals surface area contributed by atoms with E-state index in [0.717, 1.165) is 25.2 Å². The highest BCUT2D eigenvalue weighted by Crippen LogP contribution is 2.33. The Morgan fingerprint density at radius 2 is 2.38 bits per heavy atom. The van der Waals surface area contributed by atoms with Gasteiger partial charge in [0.1, 0.15) is 6.54 Å². The lowest BCUT2D eigenvalue weighted by molar-refractivity contribution is -0.133. The average molecular weight is 305 g/mol. The monoisotopic (exact) mass is 305 g/mol. The molecule has 1 atom stereocenters. The summed E-state index contributed by atoms with van der Waals surface area (Å²) in [6.07, 6.45) is 2.09. The zero-order valence-electron chi connectivity index (χ0n) is 12.3. The first-order valence-corrected chi connectivity index (χ1v) is 8.18. The lowest BCUT2D eigenvalue weighted by Crippen LogP contribution is -2.34. The van der Waals surface area contributed by atoms with Crippen molar-refractivity contribution in [3.63, 3.8) is 0 Å². The molecule has 3 heterocycles. The van der Waals surface area contributed by atoms with Crippen LogP contribution < -0.4 is 0 Å². The lowest BCUT2D eigenvalue weighted by Gasteiger charge is -2.24. The summed E-state index contributed by atoms with van der Waals surface area (Å²) in [6.45, 7) is 5.09. The van der Waals surface area contributed by atoms with Gasteiger partial charge in [-0.1, -0.05) is 13.8 Å². The van der Waals surface area contributed by atoms with Crippen molar-refractivity contribution in [2.45, 2.75) is 45.2 Å². The predicted octanol–water partition coefficient (Wildman–Crippen LogP) is 2.22. The minimum atomic E-state index is 0.0953. The molecule has 2 aromatic heterocycles. The summed E-state index contributed by atoms with van der Waals surface area (Å²) in [4.78, 5) is 14.6. The van der Waals surface area contributed by atoms with Crippen molar-refractivity contribution < 1.29 is 4.79 Å². The maximum Gasteiger partial charge on any atom is 0.244 e. The van der Waals surface area contributed by atoms with Gasteiger partial charge in [0.15, 0.2) is 5.82 Å². The molecule has 1 fully saturated rings. The van der Waals surface area contributed by atoms with E-state index < -0.39 is 0 Å². The molecular weight excluding hydrogens is 286 g/mol. The summed E-state index contributed by atoms with van der Waals surface area (Å²) < 4.78 is 1.62. The Morgan fingerprint density at radius 1 is 1.52 bits per heavy atom. The van der Waals surface area contributed by atoms with Crippen molar-refractivity contribution in [3.05, 3.63) is 28.2 Å². The van der Waals surface area contributed by atoms with Gasteiger partial charge in [0.25, 0.3) is 0 Å². The zero-order chi connectivity index (χ0) is 14.8. The van der Waals surface area contributed by atoms with Crippen molar-refractivity contribution in [1.29, 1.82) is 0 Å². The highest BCUT2D eigenvalue weighted by Gasteiger charge is 2.30. The number of tetrazole rings is 1. The molecule has 0 spiro atoms. The molecule has 3 rings (SSSR count). The number of hydrogen-bond acceptors (Lipinski definition) is 5. The van der Waals surface area contributed by atoms with Gasteiger partial charge in [-0.05, 0) is 45.7 Å². The molecule has 112 valence electrons. The Labute approximate surface area is 127 Å². The van der Waals surface area contributed by atoms with Crippen LogP contribution in [-0.4, -0.2) is 37.6 Å². The average Bonchev–Trinajstić information content (AvgIpc) is 3.19. The summed E-state index contributed by atoms with van der Waals surface area (Å²) in [6, 6.07) is 2.32. The minimum Gasteiger partial charge on any atom is -0.334 e. The van der Waals surface area contributed by atoms with Crippen LogP contribution in [0.5, 0.6) is 0 Å². The number of carbonyl (C=O) groups excluding carboxylic acids is 1. The van der Waals surface area contributed by atoms with Gasteiger partial charge in [0.05, 0.1) is 6.04 Å². The molecule has 0 bridgehead atoms. The maximum atomic E-state index is 12.6. The number of carbonyl (C=O) groups is 1. The summed E-state index contributed by atoms with van der Waals surface area (Å²) in [5.74, 6) is 1.06. The van der Waals surface area contributed by atoms with E-state index in [4.69, 9.17) is 0 Å². The van der Waals surface area contributed by atoms with Gasteiger partial charge >= 0.3 is 0 Å². The van der Waals surface area contributed by atoms with Crippen molar-refractivity contribution in [1.82, 2.24) is 25.1 Å². The van der Waals surface area contributed by atoms with E-state index in [0.29, 0.717) is 0 Å². The number of thiophene rings is 1. The van der Waals surface area contributed by atoms with Gasteiger partial charge in [0.2, 0.25) is 5.91 Å². The first kappa shape index (κ1) is 14.2. The van der Waals surface area contributed by atoms with Crippen LogP contribution in [0.3, 0.4) is 0 Å². The van der Waals surface area contributed by atoms with E-state index in [9.17, 15) is 4.79 Å². The molecule has 7 heteroatoms. The highest BCUT2D eigenvalue weighted by molar-refractivity contribution is 7.07. The standard InChI is InChI=1S/C14H19N5OS/c1-10(2)14-15-16-17-19(14)8-13(20)18-6-3-4-12(18)11-5-7-21-9-11/h5,7,9-10,12H,3-4,6,8H2,1-2H3/t12-/m0/s1. The van der Waals surface area contributed by atoms with Crippen LogP contribution in [0.25, 0.3) is 0 Å². The molecule has 0 radical (unpaired) electrons. The second-order valence-corrected chi connectivity index (χ2v) is 6.43. The smallest absolute Gasteiger partial charge is 0.244 e. The Kier molecular flexibility index (Phi) is 4.01. The fourth-order valence-electron chi connectivity index (χ4n) is 2.83. The Balaban J connectivity index is 1.74. The van der Waals surface area contributed by atoms with E-state index >= 15 is 0 Å². The van der Waals surface area contributed by atoms with Crippen LogP contribution in [-0.2, 0) is 11.3 Å². The molecular formula is C14H19N5OS. The topological polar surface area (TPSA) is 63.9 Å². The normalized spacial score (nSPS) is 18.6. The molecule has 0 N–H and O–H groups in total. The first-order valence-electron chi connectivity index (χ1n) is 7.24. The molecule has 1 amide bonds. The second kappa shape index (κ2) is 5.93. The van der Waals surface area contributed by atoms with Crippen LogP contribution in [0.4, 0.5) is 0 Å². The molecule has 0 unspecified atom stereocenters. The van der Waals surface area contributed by atoms with E-state index in [2.05, 4.69) is 32.4 Å². The van der Waals surface area contributed by atoms with Crippen molar-refractivity contribution >= 4 is 17.2 Å². The number of likely N-dealkylation sites (tertiary alicyclic amines) is 1. The quantitative estimate of drug-likeness (QED) is 0.869. The van der Waals surface area contributed by atoms with Crippen LogP contribution in [0, 0.1) is 0 Å². The molecule has 1 aliphatic heterocycles. The second-order valence-electron chi connectivity index (χ2n) is 5.65. The van der Waals surface area contributed by atoms with E-state index in [1.165, 1.54) is 5.56 Å². The third-order valence-electron chi connectivity index (χ3n) is 3.86. The summed E-state index contributed by atoms with van der Waals surface area (Å²) in [7, 11) is 0. The molecule has 1 aliphatic rings. The van der Waals surface area contributed by atoms with Crippen molar-refractivity contribution in [2.75, 3.05) is 6.54 Å². The number of nitrogens with zero attached hydrogens (tertiary/aromatic N) is 5. The number of amides is 1. The van der Waals surface area contributed by atoms with Gasteiger partial charge in [-0.25, -0.2) is 4.68 Å². The third-order valence-corrected chi connectivity index (χ3v) is 4.56. The Morgan fingerprint density at radius 3 is 3.10 bits per heavy atom. The summed E-state index contributed by atoms with van der Waals surface area (Å²) >= 11 is 1.68. The maximum absolute atomic E-state index is 12.6. The van der Waals surface area contributed by atoms with E-state index in [1.807, 2.05) is 18.7 Å². The van der Waals surface area contributed by atoms with Gasteiger partial charge in [0, 0.05) is 12.5 Å². The van der Waals surface area contributed by atoms with Gasteiger partial charge < -0.3 is 4.90 Å². The largest absolute Gasteiger partial charge is 0.334 e. The molecule has 1 saturated heterocycles. The fourth-order valence-corrected chi connectivity index (χ4v) is 3.54. The van der Waals surface area contributed by atoms with Crippen molar-refractivity contribution in [3.8, 4) is 0 Å². The van der Waals surface area contributed by atoms with Crippen LogP contribution in [0.2, 0.25) is 0 Å². The molecule has 21 heavy (non-hydrogen) atoms. The lowest BCUT2D eigenvalue weighted by atomic mass is 10.1. The van der Waals surface area contributed by atoms with E-state index in [-0.39, 0.29) is 24.4 Å². The fraction of sp³-hybridized carbons (Fsp3) is 0.571. The van der Waals surface area contributed by atoms with Crippen LogP contribution in [0.15, 0.2) is 16.8 Å². The van der Waals surface area contributed by atoms with Crippen LogP contribution in [0.1, 0.15) is 50.0 Å². The van der Waals surface area contributed by atoms with E-state index in [1.54, 1.807) is 16.0 Å². The van der Waals surface area contributed by atoms with Crippen molar-refractivity contribution in [2.24, 2.45) is 0 Å². The molecule has 0 aliphatic carbocycles. The molecule has 6 nitrogen and oxygen atoms in total. The SMILES string of the molecule is CC(C)c1nnnn1CC(=O)N1CCC[C@H]1c1ccsc1. The van der Waals surface area contributed by atoms with Gasteiger partial charge in [-0.2, -0.15) is 11.3 Å². The molecule has 0 saturated carbocycles. The molecule has 2 aromatic rings. The van der Waals surface area contributed by atoms with Gasteiger partial charge in [-0.15, -0.1) is 5.10 Å². The summed E-state index contributed by atoms with van der Waals surface area (Å²) in [5.41, 5.74) is 1.24. The Hall–Kier alpha value is -1.76. The highest BCUT2D eigenvalue weighted by atomic mass is 32.1. The Bertz CT molecular complexity index is 607. The number of aromatic nitrogens is 4. The minimum absolute atomic E-state index is 0.0953. The summed E-state index contributed by atoms with van der Waals surface area (Å²) in [5, 5.41) is 15.8. The van der Waals surface area contributed by atoms with Crippen LogP contribution >= 0.6 is 11.3 Å². The first-order chi connectivity index (χ1) is 10.2. The third kappa shape index (κ3) is 2.83. The van der Waals surface area contributed by atoms with Gasteiger partial charge in [-0.3, -0.25) is 4.79 Å². The zero-order valence-corrected chi connectivity index (χ0v) is 13.1. The number of hydrogen-bond donors (Lipinski definition) is 0. The molecule has 0 aromatic carbocycles. The predicted molar refractivity (Wildman–Crippen MR) is 79.9 cm³/mol. The number of rotatable bonds is 4.